The van der Waals surface area contributed by atoms with Gasteiger partial charge in [0.15, 0.2) is 11.4 Å². The Balaban J connectivity index is 2.09. The maximum atomic E-state index is 14.2. The molecule has 7 nitrogen and oxygen atoms in total. The number of carbonyl (C=O) groups is 1. The van der Waals surface area contributed by atoms with Crippen LogP contribution in [0.3, 0.4) is 0 Å². The second-order valence-electron chi connectivity index (χ2n) is 7.14. The number of hydrogen-bond donors (Lipinski definition) is 1. The van der Waals surface area contributed by atoms with Crippen molar-refractivity contribution in [3.8, 4) is 22.7 Å². The van der Waals surface area contributed by atoms with E-state index in [-0.39, 0.29) is 29.2 Å². The van der Waals surface area contributed by atoms with E-state index in [1.807, 2.05) is 0 Å². The standard InChI is InChI=1S/C19H14F7N5O2/c1-17(2,19(24,25)26)33-13-4-10(3-11(20)5-13)14-6-15(29-9-32)30-31(14)12-7-27-16(28-8-12)18(21,22)23/h3-9H,1-2H3,(H,29,30,32). The zero-order valence-corrected chi connectivity index (χ0v) is 16.8. The molecule has 14 heteroatoms. The van der Waals surface area contributed by atoms with Crippen molar-refractivity contribution < 1.29 is 40.3 Å². The molecular weight excluding hydrogens is 463 g/mol. The van der Waals surface area contributed by atoms with E-state index < -0.39 is 35.3 Å². The molecule has 0 radical (unpaired) electrons. The zero-order valence-electron chi connectivity index (χ0n) is 16.8. The van der Waals surface area contributed by atoms with E-state index >= 15 is 0 Å². The van der Waals surface area contributed by atoms with Crippen LogP contribution in [0.4, 0.5) is 36.6 Å². The van der Waals surface area contributed by atoms with Crippen LogP contribution in [0.2, 0.25) is 0 Å². The average Bonchev–Trinajstić information content (AvgIpc) is 3.10. The molecule has 33 heavy (non-hydrogen) atoms. The lowest BCUT2D eigenvalue weighted by atomic mass is 10.1. The Morgan fingerprint density at radius 1 is 1.00 bits per heavy atom. The van der Waals surface area contributed by atoms with Crippen LogP contribution >= 0.6 is 0 Å². The van der Waals surface area contributed by atoms with Crippen molar-refractivity contribution in [2.45, 2.75) is 31.8 Å². The first kappa shape index (κ1) is 23.9. The molecule has 1 aromatic carbocycles. The maximum Gasteiger partial charge on any atom is 0.451 e. The molecule has 0 aliphatic rings. The van der Waals surface area contributed by atoms with E-state index in [1.165, 1.54) is 6.07 Å². The second-order valence-corrected chi connectivity index (χ2v) is 7.14. The number of rotatable bonds is 6. The highest BCUT2D eigenvalue weighted by Gasteiger charge is 2.50. The van der Waals surface area contributed by atoms with Gasteiger partial charge in [0.2, 0.25) is 12.2 Å². The van der Waals surface area contributed by atoms with Gasteiger partial charge in [0.25, 0.3) is 0 Å². The lowest BCUT2D eigenvalue weighted by Gasteiger charge is -2.29. The van der Waals surface area contributed by atoms with E-state index in [4.69, 9.17) is 4.74 Å². The lowest BCUT2D eigenvalue weighted by molar-refractivity contribution is -0.234. The Morgan fingerprint density at radius 3 is 2.18 bits per heavy atom. The molecule has 0 saturated heterocycles. The summed E-state index contributed by atoms with van der Waals surface area (Å²) in [5.74, 6) is -2.92. The molecule has 2 aromatic heterocycles. The van der Waals surface area contributed by atoms with Gasteiger partial charge >= 0.3 is 12.4 Å². The first-order chi connectivity index (χ1) is 15.2. The van der Waals surface area contributed by atoms with Crippen LogP contribution in [0.25, 0.3) is 16.9 Å². The fourth-order valence-corrected chi connectivity index (χ4v) is 2.61. The van der Waals surface area contributed by atoms with Crippen LogP contribution in [0, 0.1) is 5.82 Å². The molecule has 1 amide bonds. The smallest absolute Gasteiger partial charge is 0.451 e. The van der Waals surface area contributed by atoms with Gasteiger partial charge in [-0.15, -0.1) is 5.10 Å². The van der Waals surface area contributed by atoms with Crippen LogP contribution in [0.1, 0.15) is 19.7 Å². The third-order valence-electron chi connectivity index (χ3n) is 4.28. The van der Waals surface area contributed by atoms with E-state index in [9.17, 15) is 35.5 Å². The quantitative estimate of drug-likeness (QED) is 0.409. The second kappa shape index (κ2) is 8.33. The Bertz CT molecular complexity index is 1150. The van der Waals surface area contributed by atoms with Crippen LogP contribution in [0.5, 0.6) is 5.75 Å². The van der Waals surface area contributed by atoms with Crippen molar-refractivity contribution in [3.63, 3.8) is 0 Å². The van der Waals surface area contributed by atoms with Crippen LogP contribution in [-0.2, 0) is 11.0 Å². The fraction of sp³-hybridized carbons (Fsp3) is 0.263. The molecule has 0 aliphatic carbocycles. The molecule has 3 rings (SSSR count). The van der Waals surface area contributed by atoms with Crippen molar-refractivity contribution >= 4 is 12.2 Å². The summed E-state index contributed by atoms with van der Waals surface area (Å²) in [6.07, 6.45) is -7.71. The maximum absolute atomic E-state index is 14.2. The van der Waals surface area contributed by atoms with Gasteiger partial charge in [-0.05, 0) is 26.0 Å². The third-order valence-corrected chi connectivity index (χ3v) is 4.28. The van der Waals surface area contributed by atoms with Gasteiger partial charge in [-0.2, -0.15) is 26.3 Å². The van der Waals surface area contributed by atoms with Crippen molar-refractivity contribution in [2.24, 2.45) is 0 Å². The lowest BCUT2D eigenvalue weighted by Crippen LogP contribution is -2.44. The SMILES string of the molecule is CC(C)(Oc1cc(F)cc(-c2cc(NC=O)nn2-c2cnc(C(F)(F)F)nc2)c1)C(F)(F)F. The molecule has 0 bridgehead atoms. The highest BCUT2D eigenvalue weighted by molar-refractivity contribution is 5.74. The van der Waals surface area contributed by atoms with E-state index in [0.29, 0.717) is 0 Å². The predicted octanol–water partition coefficient (Wildman–Crippen LogP) is 4.78. The Kier molecular flexibility index (Phi) is 6.04. The Hall–Kier alpha value is -3.71. The predicted molar refractivity (Wildman–Crippen MR) is 100.0 cm³/mol. The molecule has 0 atom stereocenters. The number of benzene rings is 1. The molecule has 0 saturated carbocycles. The van der Waals surface area contributed by atoms with Crippen molar-refractivity contribution in [3.05, 3.63) is 48.3 Å². The van der Waals surface area contributed by atoms with Gasteiger partial charge in [0, 0.05) is 17.7 Å². The molecule has 3 aromatic rings. The Labute approximate surface area is 181 Å². The van der Waals surface area contributed by atoms with Crippen molar-refractivity contribution in [2.75, 3.05) is 5.32 Å². The van der Waals surface area contributed by atoms with Crippen LogP contribution < -0.4 is 10.1 Å². The molecule has 0 aliphatic heterocycles. The number of ether oxygens (including phenoxy) is 1. The fourth-order valence-electron chi connectivity index (χ4n) is 2.61. The molecule has 0 unspecified atom stereocenters. The topological polar surface area (TPSA) is 81.9 Å². The molecule has 0 spiro atoms. The molecule has 1 N–H and O–H groups in total. The molecule has 2 heterocycles. The summed E-state index contributed by atoms with van der Waals surface area (Å²) in [5, 5.41) is 6.21. The summed E-state index contributed by atoms with van der Waals surface area (Å²) in [7, 11) is 0. The highest BCUT2D eigenvalue weighted by Crippen LogP contribution is 2.36. The number of aromatic nitrogens is 4. The van der Waals surface area contributed by atoms with Crippen molar-refractivity contribution in [1.82, 2.24) is 19.7 Å². The number of hydrogen-bond acceptors (Lipinski definition) is 5. The van der Waals surface area contributed by atoms with Gasteiger partial charge < -0.3 is 10.1 Å². The number of carbonyl (C=O) groups excluding carboxylic acids is 1. The minimum absolute atomic E-state index is 0.00289. The minimum atomic E-state index is -4.80. The molecular formula is C19H14F7N5O2. The van der Waals surface area contributed by atoms with Gasteiger partial charge in [0.1, 0.15) is 17.3 Å². The number of halogens is 7. The average molecular weight is 477 g/mol. The third kappa shape index (κ3) is 5.21. The summed E-state index contributed by atoms with van der Waals surface area (Å²) < 4.78 is 97.9. The highest BCUT2D eigenvalue weighted by atomic mass is 19.4. The zero-order chi connectivity index (χ0) is 24.6. The van der Waals surface area contributed by atoms with Gasteiger partial charge in [-0.1, -0.05) is 0 Å². The van der Waals surface area contributed by atoms with Crippen LogP contribution in [0.15, 0.2) is 36.7 Å². The van der Waals surface area contributed by atoms with E-state index in [2.05, 4.69) is 20.4 Å². The van der Waals surface area contributed by atoms with Crippen molar-refractivity contribution in [1.29, 1.82) is 0 Å². The Morgan fingerprint density at radius 2 is 1.64 bits per heavy atom. The number of nitrogens with zero attached hydrogens (tertiary/aromatic N) is 4. The van der Waals surface area contributed by atoms with E-state index in [1.54, 1.807) is 0 Å². The molecule has 176 valence electrons. The summed E-state index contributed by atoms with van der Waals surface area (Å²) in [4.78, 5) is 17.2. The first-order valence-electron chi connectivity index (χ1n) is 8.98. The number of anilines is 1. The van der Waals surface area contributed by atoms with Gasteiger partial charge in [0.05, 0.1) is 18.1 Å². The summed E-state index contributed by atoms with van der Waals surface area (Å²) in [6.45, 7) is 1.51. The van der Waals surface area contributed by atoms with E-state index in [0.717, 1.165) is 49.1 Å². The molecule has 0 fully saturated rings. The monoisotopic (exact) mass is 477 g/mol. The summed E-state index contributed by atoms with van der Waals surface area (Å²) >= 11 is 0. The number of nitrogens with one attached hydrogen (secondary N) is 1. The summed E-state index contributed by atoms with van der Waals surface area (Å²) in [5.41, 5.74) is -2.80. The number of amides is 1. The first-order valence-corrected chi connectivity index (χ1v) is 8.98. The largest absolute Gasteiger partial charge is 0.478 e. The number of alkyl halides is 6. The van der Waals surface area contributed by atoms with Gasteiger partial charge in [-0.3, -0.25) is 4.79 Å². The van der Waals surface area contributed by atoms with Gasteiger partial charge in [-0.25, -0.2) is 19.0 Å². The van der Waals surface area contributed by atoms with Crippen LogP contribution in [-0.4, -0.2) is 37.9 Å². The summed E-state index contributed by atoms with van der Waals surface area (Å²) in [6, 6.07) is 3.99. The minimum Gasteiger partial charge on any atom is -0.478 e. The normalized spacial score (nSPS) is 12.5.